The summed E-state index contributed by atoms with van der Waals surface area (Å²) >= 11 is 0. The van der Waals surface area contributed by atoms with E-state index in [1.807, 2.05) is 0 Å². The fourth-order valence-electron chi connectivity index (χ4n) is 3.61. The molecule has 2 heterocycles. The number of likely N-dealkylation sites (tertiary alicyclic amines) is 1. The SMILES string of the molecule is O=C(Cc1cccc(F)c1F)N1CCC[C@@H]1[C@@H]1COCC[C@@H]1O. The molecule has 1 aromatic rings. The number of carbonyl (C=O) groups is 1. The zero-order valence-corrected chi connectivity index (χ0v) is 12.9. The van der Waals surface area contributed by atoms with Crippen LogP contribution < -0.4 is 0 Å². The van der Waals surface area contributed by atoms with E-state index in [1.54, 1.807) is 4.90 Å². The highest BCUT2D eigenvalue weighted by atomic mass is 19.2. The van der Waals surface area contributed by atoms with Crippen LogP contribution in [0.25, 0.3) is 0 Å². The van der Waals surface area contributed by atoms with E-state index >= 15 is 0 Å². The van der Waals surface area contributed by atoms with Gasteiger partial charge in [-0.2, -0.15) is 0 Å². The maximum absolute atomic E-state index is 13.8. The lowest BCUT2D eigenvalue weighted by atomic mass is 9.89. The molecule has 1 amide bonds. The Hall–Kier alpha value is -1.53. The first-order valence-electron chi connectivity index (χ1n) is 8.06. The first-order chi connectivity index (χ1) is 11.1. The normalized spacial score (nSPS) is 28.1. The number of amides is 1. The molecule has 0 aliphatic carbocycles. The smallest absolute Gasteiger partial charge is 0.227 e. The third-order valence-electron chi connectivity index (χ3n) is 4.85. The maximum atomic E-state index is 13.8. The van der Waals surface area contributed by atoms with Gasteiger partial charge in [-0.05, 0) is 25.3 Å². The van der Waals surface area contributed by atoms with Gasteiger partial charge in [-0.15, -0.1) is 0 Å². The summed E-state index contributed by atoms with van der Waals surface area (Å²) in [5.74, 6) is -2.23. The van der Waals surface area contributed by atoms with Crippen molar-refractivity contribution in [2.75, 3.05) is 19.8 Å². The van der Waals surface area contributed by atoms with E-state index < -0.39 is 17.7 Å². The standard InChI is InChI=1S/C17H21F2NO3/c18-13-4-1-3-11(17(13)19)9-16(22)20-7-2-5-14(20)12-10-23-8-6-15(12)21/h1,3-4,12,14-15,21H,2,5-10H2/t12-,14+,15-/m0/s1. The maximum Gasteiger partial charge on any atom is 0.227 e. The predicted octanol–water partition coefficient (Wildman–Crippen LogP) is 1.90. The second kappa shape index (κ2) is 6.93. The van der Waals surface area contributed by atoms with Crippen molar-refractivity contribution in [3.05, 3.63) is 35.4 Å². The first-order valence-corrected chi connectivity index (χ1v) is 8.06. The third kappa shape index (κ3) is 3.38. The molecule has 0 unspecified atom stereocenters. The summed E-state index contributed by atoms with van der Waals surface area (Å²) in [6.45, 7) is 1.56. The highest BCUT2D eigenvalue weighted by molar-refractivity contribution is 5.79. The number of aliphatic hydroxyl groups is 1. The lowest BCUT2D eigenvalue weighted by molar-refractivity contribution is -0.135. The molecule has 2 aliphatic rings. The number of nitrogens with zero attached hydrogens (tertiary/aromatic N) is 1. The van der Waals surface area contributed by atoms with Crippen LogP contribution in [0.2, 0.25) is 0 Å². The monoisotopic (exact) mass is 325 g/mol. The average molecular weight is 325 g/mol. The van der Waals surface area contributed by atoms with Gasteiger partial charge in [0.05, 0.1) is 19.1 Å². The lowest BCUT2D eigenvalue weighted by Crippen LogP contribution is -2.48. The Morgan fingerprint density at radius 3 is 2.96 bits per heavy atom. The van der Waals surface area contributed by atoms with E-state index in [0.29, 0.717) is 26.2 Å². The van der Waals surface area contributed by atoms with Gasteiger partial charge in [0.1, 0.15) is 0 Å². The van der Waals surface area contributed by atoms with E-state index in [9.17, 15) is 18.7 Å². The molecular weight excluding hydrogens is 304 g/mol. The first kappa shape index (κ1) is 16.3. The molecule has 2 aliphatic heterocycles. The summed E-state index contributed by atoms with van der Waals surface area (Å²) in [5.41, 5.74) is 0.0705. The molecule has 0 aromatic heterocycles. The molecule has 2 fully saturated rings. The van der Waals surface area contributed by atoms with E-state index in [2.05, 4.69) is 0 Å². The fourth-order valence-corrected chi connectivity index (χ4v) is 3.61. The zero-order valence-electron chi connectivity index (χ0n) is 12.9. The zero-order chi connectivity index (χ0) is 16.4. The van der Waals surface area contributed by atoms with Gasteiger partial charge in [-0.3, -0.25) is 4.79 Å². The van der Waals surface area contributed by atoms with Crippen molar-refractivity contribution in [1.29, 1.82) is 0 Å². The molecule has 0 radical (unpaired) electrons. The highest BCUT2D eigenvalue weighted by Gasteiger charge is 2.39. The molecule has 2 saturated heterocycles. The molecule has 0 saturated carbocycles. The topological polar surface area (TPSA) is 49.8 Å². The average Bonchev–Trinajstić information content (AvgIpc) is 3.02. The molecule has 1 aromatic carbocycles. The van der Waals surface area contributed by atoms with E-state index in [1.165, 1.54) is 12.1 Å². The van der Waals surface area contributed by atoms with Gasteiger partial charge in [-0.1, -0.05) is 12.1 Å². The molecule has 0 spiro atoms. The van der Waals surface area contributed by atoms with Crippen molar-refractivity contribution in [2.45, 2.75) is 37.8 Å². The van der Waals surface area contributed by atoms with E-state index in [4.69, 9.17) is 4.74 Å². The van der Waals surface area contributed by atoms with Crippen LogP contribution in [0.15, 0.2) is 18.2 Å². The van der Waals surface area contributed by atoms with Crippen molar-refractivity contribution in [1.82, 2.24) is 4.90 Å². The van der Waals surface area contributed by atoms with Gasteiger partial charge in [-0.25, -0.2) is 8.78 Å². The number of ether oxygens (including phenoxy) is 1. The molecule has 4 nitrogen and oxygen atoms in total. The van der Waals surface area contributed by atoms with Gasteiger partial charge in [0.25, 0.3) is 0 Å². The summed E-state index contributed by atoms with van der Waals surface area (Å²) in [6.07, 6.45) is 1.59. The van der Waals surface area contributed by atoms with Crippen LogP contribution in [0, 0.1) is 17.6 Å². The minimum atomic E-state index is -0.961. The Labute approximate surface area is 134 Å². The second-order valence-corrected chi connectivity index (χ2v) is 6.28. The van der Waals surface area contributed by atoms with E-state index in [-0.39, 0.29) is 29.9 Å². The fraction of sp³-hybridized carbons (Fsp3) is 0.588. The minimum absolute atomic E-state index is 0.0705. The van der Waals surface area contributed by atoms with Gasteiger partial charge < -0.3 is 14.7 Å². The van der Waals surface area contributed by atoms with E-state index in [0.717, 1.165) is 18.9 Å². The highest BCUT2D eigenvalue weighted by Crippen LogP contribution is 2.30. The van der Waals surface area contributed by atoms with Crippen LogP contribution in [0.3, 0.4) is 0 Å². The number of hydrogen-bond donors (Lipinski definition) is 1. The van der Waals surface area contributed by atoms with Crippen LogP contribution in [0.4, 0.5) is 8.78 Å². The molecule has 1 N–H and O–H groups in total. The molecule has 6 heteroatoms. The van der Waals surface area contributed by atoms with Crippen molar-refractivity contribution in [2.24, 2.45) is 5.92 Å². The molecule has 3 atom stereocenters. The van der Waals surface area contributed by atoms with Crippen LogP contribution in [0.1, 0.15) is 24.8 Å². The Bertz CT molecular complexity index is 581. The number of carbonyl (C=O) groups excluding carboxylic acids is 1. The van der Waals surface area contributed by atoms with Gasteiger partial charge >= 0.3 is 0 Å². The van der Waals surface area contributed by atoms with Crippen molar-refractivity contribution in [3.8, 4) is 0 Å². The largest absolute Gasteiger partial charge is 0.393 e. The molecule has 0 bridgehead atoms. The number of aliphatic hydroxyl groups excluding tert-OH is 1. The van der Waals surface area contributed by atoms with Crippen LogP contribution in [0.5, 0.6) is 0 Å². The van der Waals surface area contributed by atoms with Gasteiger partial charge in [0, 0.05) is 30.7 Å². The summed E-state index contributed by atoms with van der Waals surface area (Å²) < 4.78 is 32.5. The Balaban J connectivity index is 1.72. The van der Waals surface area contributed by atoms with Crippen LogP contribution in [-0.2, 0) is 16.0 Å². The van der Waals surface area contributed by atoms with Crippen molar-refractivity contribution >= 4 is 5.91 Å². The lowest BCUT2D eigenvalue weighted by Gasteiger charge is -2.37. The second-order valence-electron chi connectivity index (χ2n) is 6.28. The molecular formula is C17H21F2NO3. The summed E-state index contributed by atoms with van der Waals surface area (Å²) in [5, 5.41) is 10.2. The number of hydrogen-bond acceptors (Lipinski definition) is 3. The summed E-state index contributed by atoms with van der Waals surface area (Å²) in [6, 6.07) is 3.79. The number of benzene rings is 1. The van der Waals surface area contributed by atoms with Crippen molar-refractivity contribution < 1.29 is 23.4 Å². The summed E-state index contributed by atoms with van der Waals surface area (Å²) in [7, 11) is 0. The van der Waals surface area contributed by atoms with Gasteiger partial charge in [0.15, 0.2) is 11.6 Å². The quantitative estimate of drug-likeness (QED) is 0.923. The molecule has 3 rings (SSSR count). The molecule has 23 heavy (non-hydrogen) atoms. The Kier molecular flexibility index (Phi) is 4.92. The molecule has 126 valence electrons. The van der Waals surface area contributed by atoms with Crippen LogP contribution in [-0.4, -0.2) is 47.8 Å². The summed E-state index contributed by atoms with van der Waals surface area (Å²) in [4.78, 5) is 14.3. The van der Waals surface area contributed by atoms with Crippen LogP contribution >= 0.6 is 0 Å². The third-order valence-corrected chi connectivity index (χ3v) is 4.85. The Morgan fingerprint density at radius 1 is 1.35 bits per heavy atom. The number of rotatable bonds is 3. The predicted molar refractivity (Wildman–Crippen MR) is 79.7 cm³/mol. The van der Waals surface area contributed by atoms with Gasteiger partial charge in [0.2, 0.25) is 5.91 Å². The minimum Gasteiger partial charge on any atom is -0.393 e. The van der Waals surface area contributed by atoms with Crippen molar-refractivity contribution in [3.63, 3.8) is 0 Å². The number of halogens is 2. The Morgan fingerprint density at radius 2 is 2.17 bits per heavy atom.